The van der Waals surface area contributed by atoms with Crippen LogP contribution in [0.3, 0.4) is 0 Å². The number of phenols is 3. The molecule has 0 aromatic heterocycles. The Bertz CT molecular complexity index is 5660. The molecule has 0 amide bonds. The molecule has 0 heterocycles. The van der Waals surface area contributed by atoms with Gasteiger partial charge >= 0.3 is 31.8 Å². The summed E-state index contributed by atoms with van der Waals surface area (Å²) in [6, 6.07) is 24.2. The third-order valence-corrected chi connectivity index (χ3v) is 16.1. The number of nitrogens with zero attached hydrogens (tertiary/aromatic N) is 8. The fraction of sp³-hybridized carbons (Fsp3) is 0. The van der Waals surface area contributed by atoms with Crippen LogP contribution >= 0.6 is 0 Å². The lowest BCUT2D eigenvalue weighted by Gasteiger charge is -2.14. The second kappa shape index (κ2) is 28.3. The van der Waals surface area contributed by atoms with Crippen LogP contribution in [0.2, 0.25) is 0 Å². The summed E-state index contributed by atoms with van der Waals surface area (Å²) < 4.78 is 256. The number of nitrogens with two attached hydrogens (primary N) is 1. The lowest BCUT2D eigenvalue weighted by Crippen LogP contribution is -2.04. The Morgan fingerprint density at radius 1 is 0.376 bits per heavy atom. The fourth-order valence-corrected chi connectivity index (χ4v) is 11.2. The number of hydrogen-bond acceptors (Lipinski definition) is 33. The molecule has 9 rings (SSSR count). The van der Waals surface area contributed by atoms with Crippen molar-refractivity contribution < 1.29 is 128 Å². The highest BCUT2D eigenvalue weighted by Gasteiger charge is 2.30. The molecule has 0 spiro atoms. The molecule has 486 valence electrons. The fourth-order valence-electron chi connectivity index (χ4n) is 8.07. The number of rotatable bonds is 15. The van der Waals surface area contributed by atoms with Crippen molar-refractivity contribution in [2.45, 2.75) is 24.5 Å². The van der Waals surface area contributed by atoms with Crippen molar-refractivity contribution >= 4 is 183 Å². The summed E-state index contributed by atoms with van der Waals surface area (Å²) in [7, 11) is -35.7. The summed E-state index contributed by atoms with van der Waals surface area (Å²) in [5.41, 5.74) is 1.44. The first-order valence-electron chi connectivity index (χ1n) is 23.4. The van der Waals surface area contributed by atoms with Gasteiger partial charge in [-0.15, -0.1) is 73.7 Å². The Balaban J connectivity index is 0.00000105. The monoisotopic (exact) mass is 1440 g/mol. The van der Waals surface area contributed by atoms with Crippen LogP contribution in [0.1, 0.15) is 0 Å². The number of hydrogen-bond donors (Lipinski definition) is 9. The third kappa shape index (κ3) is 17.7. The maximum atomic E-state index is 12.9. The molecule has 10 N–H and O–H groups in total. The van der Waals surface area contributed by atoms with Gasteiger partial charge in [-0.25, -0.2) is 0 Å². The van der Waals surface area contributed by atoms with Gasteiger partial charge in [-0.05, 0) is 82.9 Å². The Morgan fingerprint density at radius 3 is 1.42 bits per heavy atom. The van der Waals surface area contributed by atoms with Crippen molar-refractivity contribution in [3.05, 3.63) is 121 Å². The Kier molecular flexibility index (Phi) is 21.8. The quantitative estimate of drug-likeness (QED) is 0.0209. The largest absolute Gasteiger partial charge is 0.505 e. The number of carbonyl (C=O) groups is 1. The van der Waals surface area contributed by atoms with E-state index in [9.17, 15) is 85.0 Å². The van der Waals surface area contributed by atoms with E-state index < -0.39 is 175 Å². The zero-order chi connectivity index (χ0) is 69.5. The SMILES string of the molecule is Nc1c(N=Nc2ccc3cc(S(=O)(=O)O)c(N=Nc4ccc(S(=O)(=O)O)cc4OC=O)c(O)c3c2)cc(S(=O)(=O)O)c2cc(S(=O)(=O)O)c(N=Nc3cc4c(O)c(N=Nc5cccc6ccccc56)ccc4cc3S(=O)(=O)O)c(O)c12.O=S(=O)=O.O=S(=O)=O.O=S(=O)=O. The van der Waals surface area contributed by atoms with Crippen molar-refractivity contribution in [2.75, 3.05) is 5.73 Å². The molecule has 46 heteroatoms. The van der Waals surface area contributed by atoms with Gasteiger partial charge in [0, 0.05) is 27.6 Å². The van der Waals surface area contributed by atoms with E-state index in [1.807, 2.05) is 18.2 Å². The number of ether oxygens (including phenoxy) is 1. The third-order valence-electron chi connectivity index (χ3n) is 11.7. The van der Waals surface area contributed by atoms with E-state index >= 15 is 0 Å². The number of aromatic hydroxyl groups is 3. The van der Waals surface area contributed by atoms with Crippen LogP contribution in [0, 0.1) is 0 Å². The molecule has 93 heavy (non-hydrogen) atoms. The zero-order valence-corrected chi connectivity index (χ0v) is 51.2. The minimum atomic E-state index is -5.61. The Labute approximate surface area is 523 Å². The number of phenolic OH excluding ortho intramolecular Hbond substituents is 3. The summed E-state index contributed by atoms with van der Waals surface area (Å²) in [6.45, 7) is -0.149. The van der Waals surface area contributed by atoms with Gasteiger partial charge in [0.2, 0.25) is 0 Å². The van der Waals surface area contributed by atoms with Crippen LogP contribution in [-0.4, -0.2) is 125 Å². The van der Waals surface area contributed by atoms with Crippen LogP contribution in [0.15, 0.2) is 187 Å². The molecule has 0 saturated carbocycles. The number of benzene rings is 9. The van der Waals surface area contributed by atoms with Crippen LogP contribution in [0.25, 0.3) is 43.1 Å². The minimum absolute atomic E-state index is 0.0190. The molecule has 0 aliphatic heterocycles. The van der Waals surface area contributed by atoms with E-state index in [-0.39, 0.29) is 39.4 Å². The van der Waals surface area contributed by atoms with Crippen molar-refractivity contribution in [3.63, 3.8) is 0 Å². The second-order valence-corrected chi connectivity index (χ2v) is 25.6. The highest BCUT2D eigenvalue weighted by molar-refractivity contribution is 7.87. The summed E-state index contributed by atoms with van der Waals surface area (Å²) in [4.78, 5) is 5.76. The molecule has 0 radical (unpaired) electrons. The molecular weight excluding hydrogens is 1410 g/mol. The average molecular weight is 1440 g/mol. The zero-order valence-electron chi connectivity index (χ0n) is 44.7. The normalized spacial score (nSPS) is 12.1. The lowest BCUT2D eigenvalue weighted by atomic mass is 10.0. The molecule has 0 atom stereocenters. The van der Waals surface area contributed by atoms with Gasteiger partial charge in [0.05, 0.1) is 27.3 Å². The maximum absolute atomic E-state index is 12.9. The second-order valence-electron chi connectivity index (χ2n) is 17.4. The van der Waals surface area contributed by atoms with E-state index in [2.05, 4.69) is 40.9 Å². The van der Waals surface area contributed by atoms with E-state index in [0.29, 0.717) is 29.3 Å². The summed E-state index contributed by atoms with van der Waals surface area (Å²) in [5, 5.41) is 64.7. The van der Waals surface area contributed by atoms with Gasteiger partial charge in [0.15, 0.2) is 23.0 Å². The Morgan fingerprint density at radius 2 is 0.849 bits per heavy atom. The number of carbonyl (C=O) groups excluding carboxylic acids is 1. The van der Waals surface area contributed by atoms with Crippen molar-refractivity contribution in [1.82, 2.24) is 0 Å². The summed E-state index contributed by atoms with van der Waals surface area (Å²) in [6.07, 6.45) is 0. The predicted octanol–water partition coefficient (Wildman–Crippen LogP) is 7.42. The highest BCUT2D eigenvalue weighted by Crippen LogP contribution is 2.50. The number of azo groups is 4. The maximum Gasteiger partial charge on any atom is 0.425 e. The van der Waals surface area contributed by atoms with Crippen molar-refractivity contribution in [3.8, 4) is 23.0 Å². The van der Waals surface area contributed by atoms with Gasteiger partial charge in [-0.2, -0.15) is 47.2 Å². The van der Waals surface area contributed by atoms with Crippen LogP contribution < -0.4 is 10.5 Å². The van der Waals surface area contributed by atoms with Crippen LogP contribution in [0.4, 0.5) is 51.2 Å². The highest BCUT2D eigenvalue weighted by atomic mass is 32.2. The van der Waals surface area contributed by atoms with Crippen LogP contribution in [-0.2, 0) is 87.2 Å². The first-order valence-corrected chi connectivity index (χ1v) is 33.6. The molecule has 0 aliphatic rings. The number of nitrogen functional groups attached to an aromatic ring is 1. The Hall–Kier alpha value is -10.5. The number of anilines is 1. The standard InChI is InChI=1S/C47H31N9O20S5.3O3S/c48-42-35(54-49-25-10-8-23-15-39(80(70,71)72)43(46(59)28(23)16-25)55-51-32-13-11-26(77(61,62)63)17-36(32)76-21-57)20-37(78(64,65)66)30-19-40(81(73,74)75)44(47(60)41(30)42)56-53-34-18-29-24(14-38(34)79(67,68)69)9-12-33(45(29)58)52-50-31-7-3-5-22-4-1-2-6-27(22)31;3*1-4(2)3/h1-21,58-60H,48H2,(H,61,62,63)(H,64,65,66)(H,67,68,69)(H,70,71,72)(H,73,74,75);;;. The molecular formula is C47H31N9O29S8. The van der Waals surface area contributed by atoms with E-state index in [4.69, 9.17) is 48.4 Å². The first-order chi connectivity index (χ1) is 43.1. The lowest BCUT2D eigenvalue weighted by molar-refractivity contribution is -0.120. The van der Waals surface area contributed by atoms with Crippen molar-refractivity contribution in [1.29, 1.82) is 0 Å². The molecule has 0 unspecified atom stereocenters. The smallest absolute Gasteiger partial charge is 0.425 e. The molecule has 9 aromatic carbocycles. The van der Waals surface area contributed by atoms with Gasteiger partial charge < -0.3 is 25.8 Å². The van der Waals surface area contributed by atoms with E-state index in [1.165, 1.54) is 12.1 Å². The summed E-state index contributed by atoms with van der Waals surface area (Å²) >= 11 is 0. The van der Waals surface area contributed by atoms with Crippen LogP contribution in [0.5, 0.6) is 23.0 Å². The van der Waals surface area contributed by atoms with E-state index in [1.54, 1.807) is 24.3 Å². The summed E-state index contributed by atoms with van der Waals surface area (Å²) in [5.74, 6) is -3.63. The first kappa shape index (κ1) is 71.6. The minimum Gasteiger partial charge on any atom is -0.505 e. The molecule has 0 bridgehead atoms. The van der Waals surface area contributed by atoms with Gasteiger partial charge in [0.25, 0.3) is 57.1 Å². The molecule has 0 saturated heterocycles. The average Bonchev–Trinajstić information content (AvgIpc) is 0.744. The van der Waals surface area contributed by atoms with Crippen molar-refractivity contribution in [2.24, 2.45) is 40.9 Å². The van der Waals surface area contributed by atoms with Gasteiger partial charge in [-0.3, -0.25) is 27.6 Å². The topological polar surface area (TPSA) is 637 Å². The molecule has 38 nitrogen and oxygen atoms in total. The number of fused-ring (bicyclic) bond motifs is 4. The van der Waals surface area contributed by atoms with Gasteiger partial charge in [0.1, 0.15) is 53.7 Å². The molecule has 0 aliphatic carbocycles. The molecule has 0 fully saturated rings. The molecule has 9 aromatic rings. The van der Waals surface area contributed by atoms with E-state index in [0.717, 1.165) is 53.9 Å². The van der Waals surface area contributed by atoms with Gasteiger partial charge in [-0.1, -0.05) is 48.5 Å². The predicted molar refractivity (Wildman–Crippen MR) is 313 cm³/mol.